The Morgan fingerprint density at radius 3 is 2.61 bits per heavy atom. The fourth-order valence-corrected chi connectivity index (χ4v) is 3.35. The lowest BCUT2D eigenvalue weighted by Crippen LogP contribution is -2.33. The summed E-state index contributed by atoms with van der Waals surface area (Å²) in [6.07, 6.45) is 1.78. The van der Waals surface area contributed by atoms with Crippen molar-refractivity contribution in [2.75, 3.05) is 17.8 Å². The molecule has 1 aliphatic rings. The number of nitrogens with one attached hydrogen (secondary N) is 1. The molecule has 1 aromatic carbocycles. The molecule has 0 amide bonds. The zero-order valence-corrected chi connectivity index (χ0v) is 11.0. The molecule has 6 heteroatoms. The zero-order chi connectivity index (χ0) is 13.2. The molecule has 0 atom stereocenters. The molecule has 0 saturated carbocycles. The maximum atomic E-state index is 12.1. The molecule has 2 rings (SSSR count). The highest BCUT2D eigenvalue weighted by Crippen LogP contribution is 2.22. The topological polar surface area (TPSA) is 73.2 Å². The molecular formula is C12H15N3O2S. The van der Waals surface area contributed by atoms with Crippen LogP contribution in [0.2, 0.25) is 0 Å². The van der Waals surface area contributed by atoms with Gasteiger partial charge in [0.25, 0.3) is 0 Å². The van der Waals surface area contributed by atoms with Gasteiger partial charge >= 0.3 is 10.2 Å². The summed E-state index contributed by atoms with van der Waals surface area (Å²) >= 11 is 0. The first kappa shape index (κ1) is 12.9. The minimum Gasteiger partial charge on any atom is -0.270 e. The van der Waals surface area contributed by atoms with E-state index in [-0.39, 0.29) is 0 Å². The minimum atomic E-state index is -3.53. The molecule has 1 aromatic rings. The average molecular weight is 265 g/mol. The van der Waals surface area contributed by atoms with E-state index in [1.165, 1.54) is 4.31 Å². The van der Waals surface area contributed by atoms with Crippen molar-refractivity contribution in [1.29, 1.82) is 5.26 Å². The van der Waals surface area contributed by atoms with Crippen molar-refractivity contribution in [2.24, 2.45) is 0 Å². The van der Waals surface area contributed by atoms with E-state index >= 15 is 0 Å². The second-order valence-corrected chi connectivity index (χ2v) is 5.99. The number of hydrogen-bond donors (Lipinski definition) is 1. The predicted molar refractivity (Wildman–Crippen MR) is 69.2 cm³/mol. The molecule has 0 spiro atoms. The molecule has 0 aromatic heterocycles. The Labute approximate surface area is 107 Å². The van der Waals surface area contributed by atoms with E-state index in [9.17, 15) is 8.42 Å². The van der Waals surface area contributed by atoms with Gasteiger partial charge in [0, 0.05) is 13.1 Å². The van der Waals surface area contributed by atoms with E-state index in [1.54, 1.807) is 25.1 Å². The van der Waals surface area contributed by atoms with Crippen molar-refractivity contribution < 1.29 is 8.42 Å². The number of hydrogen-bond acceptors (Lipinski definition) is 3. The molecule has 1 fully saturated rings. The first-order chi connectivity index (χ1) is 8.54. The van der Waals surface area contributed by atoms with Gasteiger partial charge in [-0.15, -0.1) is 0 Å². The van der Waals surface area contributed by atoms with Crippen LogP contribution >= 0.6 is 0 Å². The summed E-state index contributed by atoms with van der Waals surface area (Å²) in [6, 6.07) is 7.16. The lowest BCUT2D eigenvalue weighted by atomic mass is 10.1. The molecular weight excluding hydrogens is 250 g/mol. The smallest absolute Gasteiger partial charge is 0.270 e. The highest BCUT2D eigenvalue weighted by molar-refractivity contribution is 7.90. The van der Waals surface area contributed by atoms with Crippen LogP contribution in [0.25, 0.3) is 0 Å². The molecule has 0 unspecified atom stereocenters. The van der Waals surface area contributed by atoms with Gasteiger partial charge in [-0.05, 0) is 31.4 Å². The number of nitriles is 1. The van der Waals surface area contributed by atoms with Crippen molar-refractivity contribution >= 4 is 15.9 Å². The molecule has 96 valence electrons. The molecule has 0 radical (unpaired) electrons. The van der Waals surface area contributed by atoms with Crippen molar-refractivity contribution in [1.82, 2.24) is 4.31 Å². The Balaban J connectivity index is 2.29. The first-order valence-corrected chi connectivity index (χ1v) is 7.26. The largest absolute Gasteiger partial charge is 0.301 e. The van der Waals surface area contributed by atoms with Crippen molar-refractivity contribution in [2.45, 2.75) is 19.8 Å². The fraction of sp³-hybridized carbons (Fsp3) is 0.417. The van der Waals surface area contributed by atoms with Gasteiger partial charge in [0.15, 0.2) is 0 Å². The van der Waals surface area contributed by atoms with E-state index in [4.69, 9.17) is 5.26 Å². The van der Waals surface area contributed by atoms with Crippen LogP contribution in [0.1, 0.15) is 24.0 Å². The maximum Gasteiger partial charge on any atom is 0.301 e. The second kappa shape index (κ2) is 4.96. The summed E-state index contributed by atoms with van der Waals surface area (Å²) in [7, 11) is -3.53. The number of rotatable bonds is 3. The van der Waals surface area contributed by atoms with Gasteiger partial charge in [-0.25, -0.2) is 0 Å². The van der Waals surface area contributed by atoms with Crippen LogP contribution in [0.4, 0.5) is 5.69 Å². The average Bonchev–Trinajstić information content (AvgIpc) is 2.83. The van der Waals surface area contributed by atoms with Crippen LogP contribution in [-0.2, 0) is 10.2 Å². The quantitative estimate of drug-likeness (QED) is 0.902. The zero-order valence-electron chi connectivity index (χ0n) is 10.2. The van der Waals surface area contributed by atoms with E-state index in [2.05, 4.69) is 4.72 Å². The van der Waals surface area contributed by atoms with E-state index < -0.39 is 10.2 Å². The van der Waals surface area contributed by atoms with Crippen LogP contribution in [-0.4, -0.2) is 25.8 Å². The number of benzene rings is 1. The first-order valence-electron chi connectivity index (χ1n) is 5.82. The predicted octanol–water partition coefficient (Wildman–Crippen LogP) is 1.62. The van der Waals surface area contributed by atoms with Gasteiger partial charge in [-0.2, -0.15) is 18.0 Å². The number of nitrogens with zero attached hydrogens (tertiary/aromatic N) is 2. The second-order valence-electron chi connectivity index (χ2n) is 4.32. The van der Waals surface area contributed by atoms with Gasteiger partial charge < -0.3 is 0 Å². The Hall–Kier alpha value is -1.58. The van der Waals surface area contributed by atoms with Crippen LogP contribution in [0.5, 0.6) is 0 Å². The molecule has 18 heavy (non-hydrogen) atoms. The van der Waals surface area contributed by atoms with Crippen molar-refractivity contribution in [3.05, 3.63) is 29.3 Å². The van der Waals surface area contributed by atoms with Crippen LogP contribution in [0, 0.1) is 18.3 Å². The van der Waals surface area contributed by atoms with Crippen molar-refractivity contribution in [3.8, 4) is 6.07 Å². The maximum absolute atomic E-state index is 12.1. The van der Waals surface area contributed by atoms with Gasteiger partial charge in [0.05, 0.1) is 11.3 Å². The lowest BCUT2D eigenvalue weighted by Gasteiger charge is -2.17. The third-order valence-electron chi connectivity index (χ3n) is 3.03. The molecule has 5 nitrogen and oxygen atoms in total. The normalized spacial score (nSPS) is 16.4. The van der Waals surface area contributed by atoms with Crippen LogP contribution in [0.3, 0.4) is 0 Å². The number of aryl methyl sites for hydroxylation is 1. The highest BCUT2D eigenvalue weighted by atomic mass is 32.2. The minimum absolute atomic E-state index is 0.351. The van der Waals surface area contributed by atoms with Gasteiger partial charge in [-0.3, -0.25) is 4.72 Å². The van der Waals surface area contributed by atoms with Crippen LogP contribution < -0.4 is 4.72 Å². The summed E-state index contributed by atoms with van der Waals surface area (Å²) in [5.41, 5.74) is 1.49. The summed E-state index contributed by atoms with van der Waals surface area (Å²) in [6.45, 7) is 2.87. The molecule has 1 aliphatic heterocycles. The Morgan fingerprint density at radius 1 is 1.33 bits per heavy atom. The summed E-state index contributed by atoms with van der Waals surface area (Å²) < 4.78 is 28.1. The van der Waals surface area contributed by atoms with Crippen molar-refractivity contribution in [3.63, 3.8) is 0 Å². The molecule has 0 aliphatic carbocycles. The van der Waals surface area contributed by atoms with Gasteiger partial charge in [-0.1, -0.05) is 12.1 Å². The van der Waals surface area contributed by atoms with Crippen LogP contribution in [0.15, 0.2) is 18.2 Å². The Bertz CT molecular complexity index is 584. The number of anilines is 1. The SMILES string of the molecule is Cc1cccc(NS(=O)(=O)N2CCCC2)c1C#N. The van der Waals surface area contributed by atoms with E-state index in [1.807, 2.05) is 6.07 Å². The van der Waals surface area contributed by atoms with E-state index in [0.717, 1.165) is 18.4 Å². The monoisotopic (exact) mass is 265 g/mol. The summed E-state index contributed by atoms with van der Waals surface area (Å²) in [5.74, 6) is 0. The van der Waals surface area contributed by atoms with Gasteiger partial charge in [0.2, 0.25) is 0 Å². The van der Waals surface area contributed by atoms with E-state index in [0.29, 0.717) is 24.3 Å². The molecule has 1 N–H and O–H groups in total. The molecule has 1 heterocycles. The lowest BCUT2D eigenvalue weighted by molar-refractivity contribution is 0.482. The highest BCUT2D eigenvalue weighted by Gasteiger charge is 2.25. The fourth-order valence-electron chi connectivity index (χ4n) is 2.03. The van der Waals surface area contributed by atoms with Gasteiger partial charge in [0.1, 0.15) is 6.07 Å². The Kier molecular flexibility index (Phi) is 3.55. The Morgan fingerprint density at radius 2 is 2.00 bits per heavy atom. The third-order valence-corrected chi connectivity index (χ3v) is 4.55. The third kappa shape index (κ3) is 2.47. The molecule has 0 bridgehead atoms. The summed E-state index contributed by atoms with van der Waals surface area (Å²) in [4.78, 5) is 0. The standard InChI is InChI=1S/C12H15N3O2S/c1-10-5-4-6-12(11(10)9-13)14-18(16,17)15-7-2-3-8-15/h4-6,14H,2-3,7-8H2,1H3. The summed E-state index contributed by atoms with van der Waals surface area (Å²) in [5, 5.41) is 9.06. The molecule has 1 saturated heterocycles.